The Balaban J connectivity index is 1.41. The van der Waals surface area contributed by atoms with Crippen LogP contribution < -0.4 is 10.1 Å². The minimum atomic E-state index is -0.837. The molecule has 0 aliphatic carbocycles. The van der Waals surface area contributed by atoms with E-state index in [2.05, 4.69) is 32.1 Å². The lowest BCUT2D eigenvalue weighted by molar-refractivity contribution is -0.385. The number of carbonyl (C=O) groups excluding carboxylic acids is 1. The zero-order valence-electron chi connectivity index (χ0n) is 24.8. The molecule has 0 bridgehead atoms. The predicted molar refractivity (Wildman–Crippen MR) is 167 cm³/mol. The quantitative estimate of drug-likeness (QED) is 0.138. The molecular weight excluding hydrogens is 584 g/mol. The highest BCUT2D eigenvalue weighted by molar-refractivity contribution is 6.32. The van der Waals surface area contributed by atoms with Gasteiger partial charge in [0.2, 0.25) is 0 Å². The Labute approximate surface area is 259 Å². The number of nitro benzene ring substituents is 1. The number of benzene rings is 2. The molecule has 5 rings (SSSR count). The molecule has 0 unspecified atom stereocenters. The van der Waals surface area contributed by atoms with Crippen LogP contribution in [0.1, 0.15) is 51.8 Å². The van der Waals surface area contributed by atoms with Gasteiger partial charge in [0.15, 0.2) is 0 Å². The molecule has 3 heterocycles. The van der Waals surface area contributed by atoms with Crippen LogP contribution in [0.2, 0.25) is 5.02 Å². The van der Waals surface area contributed by atoms with Gasteiger partial charge in [0.1, 0.15) is 41.2 Å². The summed E-state index contributed by atoms with van der Waals surface area (Å²) in [6, 6.07) is 13.7. The molecule has 0 spiro atoms. The Morgan fingerprint density at radius 3 is 2.70 bits per heavy atom. The van der Waals surface area contributed by atoms with Crippen LogP contribution in [-0.2, 0) is 11.3 Å². The molecular formula is C32H31ClN6O5. The first-order chi connectivity index (χ1) is 20.9. The van der Waals surface area contributed by atoms with Crippen LogP contribution in [0.15, 0.2) is 61.1 Å². The van der Waals surface area contributed by atoms with Gasteiger partial charge in [-0.1, -0.05) is 29.5 Å². The molecule has 1 aliphatic rings. The average Bonchev–Trinajstić information content (AvgIpc) is 3.37. The number of nitrogens with one attached hydrogen (secondary N) is 1. The minimum Gasteiger partial charge on any atom is -0.486 e. The summed E-state index contributed by atoms with van der Waals surface area (Å²) in [5, 5.41) is 16.1. The van der Waals surface area contributed by atoms with E-state index in [1.165, 1.54) is 12.4 Å². The lowest BCUT2D eigenvalue weighted by Crippen LogP contribution is -2.46. The molecule has 12 heteroatoms. The van der Waals surface area contributed by atoms with Crippen molar-refractivity contribution in [2.75, 3.05) is 11.9 Å². The van der Waals surface area contributed by atoms with Crippen LogP contribution >= 0.6 is 11.6 Å². The number of hydrogen-bond donors (Lipinski definition) is 1. The van der Waals surface area contributed by atoms with E-state index in [-0.39, 0.29) is 17.9 Å². The zero-order chi connectivity index (χ0) is 31.5. The van der Waals surface area contributed by atoms with Crippen LogP contribution in [0.5, 0.6) is 5.75 Å². The molecule has 0 radical (unpaired) electrons. The van der Waals surface area contributed by atoms with E-state index in [0.29, 0.717) is 46.1 Å². The number of anilines is 2. The number of aromatic nitrogens is 3. The zero-order valence-corrected chi connectivity index (χ0v) is 25.5. The Kier molecular flexibility index (Phi) is 8.56. The number of ether oxygens (including phenoxy) is 2. The number of halogens is 1. The number of nitro groups is 1. The fraction of sp³-hybridized carbons (Fsp3) is 0.312. The molecule has 2 aromatic heterocycles. The van der Waals surface area contributed by atoms with Crippen molar-refractivity contribution >= 4 is 45.8 Å². The number of hydrogen-bond acceptors (Lipinski definition) is 9. The van der Waals surface area contributed by atoms with Gasteiger partial charge in [-0.15, -0.1) is 0 Å². The molecule has 226 valence electrons. The Hall–Kier alpha value is -4.95. The maximum absolute atomic E-state index is 12.8. The van der Waals surface area contributed by atoms with Crippen molar-refractivity contribution in [3.63, 3.8) is 0 Å². The van der Waals surface area contributed by atoms with E-state index in [1.807, 2.05) is 25.1 Å². The molecule has 11 nitrogen and oxygen atoms in total. The van der Waals surface area contributed by atoms with E-state index >= 15 is 0 Å². The summed E-state index contributed by atoms with van der Waals surface area (Å²) in [6.07, 6.45) is 3.95. The van der Waals surface area contributed by atoms with Crippen LogP contribution in [0.25, 0.3) is 10.9 Å². The second-order valence-corrected chi connectivity index (χ2v) is 11.9. The van der Waals surface area contributed by atoms with Gasteiger partial charge in [0.05, 0.1) is 21.2 Å². The maximum atomic E-state index is 12.8. The standard InChI is InChI=1S/C32H31ClN6O5/c1-31(2,3)44-30(40)38-15-7-12-32(38,4)13-11-21-16-26-24(18-27(21)39(41)42)29(36-20-35-26)37-22-9-10-28(25(33)17-22)43-19-23-8-5-6-14-34-23/h5-6,8-10,14,16-18,20H,7,12,15,19H2,1-4H3,(H,35,36,37)/t32-/m1/s1. The summed E-state index contributed by atoms with van der Waals surface area (Å²) in [5.41, 5.74) is 0.309. The van der Waals surface area contributed by atoms with Gasteiger partial charge in [-0.25, -0.2) is 14.8 Å². The van der Waals surface area contributed by atoms with Crippen LogP contribution in [0, 0.1) is 22.0 Å². The second kappa shape index (κ2) is 12.3. The predicted octanol–water partition coefficient (Wildman–Crippen LogP) is 7.05. The summed E-state index contributed by atoms with van der Waals surface area (Å²) < 4.78 is 11.4. The average molecular weight is 615 g/mol. The van der Waals surface area contributed by atoms with E-state index in [4.69, 9.17) is 21.1 Å². The summed E-state index contributed by atoms with van der Waals surface area (Å²) in [5.74, 6) is 6.92. The fourth-order valence-corrected chi connectivity index (χ4v) is 5.05. The molecule has 1 atom stereocenters. The smallest absolute Gasteiger partial charge is 0.411 e. The monoisotopic (exact) mass is 614 g/mol. The van der Waals surface area contributed by atoms with E-state index in [0.717, 1.165) is 12.1 Å². The van der Waals surface area contributed by atoms with E-state index < -0.39 is 22.2 Å². The van der Waals surface area contributed by atoms with Crippen molar-refractivity contribution in [2.24, 2.45) is 0 Å². The van der Waals surface area contributed by atoms with Crippen molar-refractivity contribution in [3.8, 4) is 17.6 Å². The summed E-state index contributed by atoms with van der Waals surface area (Å²) in [6.45, 7) is 8.00. The Bertz CT molecular complexity index is 1780. The summed E-state index contributed by atoms with van der Waals surface area (Å²) in [4.78, 5) is 39.0. The Morgan fingerprint density at radius 2 is 2.00 bits per heavy atom. The Morgan fingerprint density at radius 1 is 1.18 bits per heavy atom. The molecule has 4 aromatic rings. The van der Waals surface area contributed by atoms with Gasteiger partial charge in [-0.2, -0.15) is 0 Å². The number of likely N-dealkylation sites (tertiary alicyclic amines) is 1. The summed E-state index contributed by atoms with van der Waals surface area (Å²) >= 11 is 6.47. The number of rotatable bonds is 6. The molecule has 0 saturated carbocycles. The number of amides is 1. The van der Waals surface area contributed by atoms with Crippen molar-refractivity contribution in [3.05, 3.63) is 87.4 Å². The first-order valence-electron chi connectivity index (χ1n) is 14.0. The van der Waals surface area contributed by atoms with Crippen molar-refractivity contribution in [1.29, 1.82) is 0 Å². The molecule has 1 amide bonds. The third-order valence-corrected chi connectivity index (χ3v) is 7.26. The van der Waals surface area contributed by atoms with E-state index in [9.17, 15) is 14.9 Å². The lowest BCUT2D eigenvalue weighted by atomic mass is 9.99. The first-order valence-corrected chi connectivity index (χ1v) is 14.4. The van der Waals surface area contributed by atoms with Gasteiger partial charge in [0.25, 0.3) is 5.69 Å². The SMILES string of the molecule is CC(C)(C)OC(=O)N1CCC[C@]1(C)C#Cc1cc2ncnc(Nc3ccc(OCc4ccccn4)c(Cl)c3)c2cc1[N+](=O)[O-]. The number of fused-ring (bicyclic) bond motifs is 1. The third kappa shape index (κ3) is 6.98. The number of carbonyl (C=O) groups is 1. The van der Waals surface area contributed by atoms with Crippen LogP contribution in [0.4, 0.5) is 22.0 Å². The van der Waals surface area contributed by atoms with E-state index in [1.54, 1.807) is 56.1 Å². The largest absolute Gasteiger partial charge is 0.486 e. The van der Waals surface area contributed by atoms with Crippen LogP contribution in [-0.4, -0.2) is 48.6 Å². The highest BCUT2D eigenvalue weighted by Crippen LogP contribution is 2.34. The van der Waals surface area contributed by atoms with Crippen molar-refractivity contribution in [1.82, 2.24) is 19.9 Å². The van der Waals surface area contributed by atoms with Gasteiger partial charge in [0, 0.05) is 29.9 Å². The molecule has 1 fully saturated rings. The molecule has 1 aliphatic heterocycles. The van der Waals surface area contributed by atoms with Gasteiger partial charge in [-0.3, -0.25) is 20.0 Å². The topological polar surface area (TPSA) is 133 Å². The fourth-order valence-electron chi connectivity index (χ4n) is 4.81. The lowest BCUT2D eigenvalue weighted by Gasteiger charge is -2.32. The number of pyridine rings is 1. The van der Waals surface area contributed by atoms with Crippen LogP contribution in [0.3, 0.4) is 0 Å². The molecule has 1 saturated heterocycles. The van der Waals surface area contributed by atoms with Crippen molar-refractivity contribution in [2.45, 2.75) is 58.3 Å². The highest BCUT2D eigenvalue weighted by atomic mass is 35.5. The third-order valence-electron chi connectivity index (χ3n) is 6.97. The molecule has 44 heavy (non-hydrogen) atoms. The van der Waals surface area contributed by atoms with Gasteiger partial charge < -0.3 is 14.8 Å². The maximum Gasteiger partial charge on any atom is 0.411 e. The normalized spacial score (nSPS) is 16.2. The molecule has 2 aromatic carbocycles. The second-order valence-electron chi connectivity index (χ2n) is 11.5. The highest BCUT2D eigenvalue weighted by Gasteiger charge is 2.40. The van der Waals surface area contributed by atoms with Gasteiger partial charge in [-0.05, 0) is 76.9 Å². The number of nitrogens with zero attached hydrogens (tertiary/aromatic N) is 5. The van der Waals surface area contributed by atoms with Crippen molar-refractivity contribution < 1.29 is 19.2 Å². The first kappa shape index (κ1) is 30.5. The van der Waals surface area contributed by atoms with Gasteiger partial charge >= 0.3 is 6.09 Å². The molecule has 1 N–H and O–H groups in total. The summed E-state index contributed by atoms with van der Waals surface area (Å²) in [7, 11) is 0. The minimum absolute atomic E-state index is 0.182.